The molecule has 1 atom stereocenters. The number of benzene rings is 1. The highest BCUT2D eigenvalue weighted by molar-refractivity contribution is 6.09. The lowest BCUT2D eigenvalue weighted by molar-refractivity contribution is -0.129. The van der Waals surface area contributed by atoms with E-state index < -0.39 is 12.2 Å². The van der Waals surface area contributed by atoms with Gasteiger partial charge in [0.05, 0.1) is 5.69 Å². The van der Waals surface area contributed by atoms with Crippen molar-refractivity contribution in [3.8, 4) is 11.1 Å². The number of hydrogen-bond acceptors (Lipinski definition) is 6. The molecule has 2 aromatic heterocycles. The van der Waals surface area contributed by atoms with E-state index in [2.05, 4.69) is 19.9 Å². The number of nitrogens with zero attached hydrogens (tertiary/aromatic N) is 5. The second-order valence-electron chi connectivity index (χ2n) is 6.42. The van der Waals surface area contributed by atoms with E-state index in [9.17, 15) is 9.18 Å². The van der Waals surface area contributed by atoms with Gasteiger partial charge in [0.25, 0.3) is 5.91 Å². The fraction of sp³-hybridized carbons (Fsp3) is 0.150. The first-order chi connectivity index (χ1) is 13.6. The zero-order valence-electron chi connectivity index (χ0n) is 15.1. The van der Waals surface area contributed by atoms with E-state index in [1.165, 1.54) is 17.4 Å². The van der Waals surface area contributed by atoms with Crippen LogP contribution >= 0.6 is 0 Å². The Kier molecular flexibility index (Phi) is 4.31. The minimum absolute atomic E-state index is 0.0945. The molecule has 1 aromatic carbocycles. The Morgan fingerprint density at radius 1 is 1.11 bits per heavy atom. The van der Waals surface area contributed by atoms with Crippen LogP contribution in [0.5, 0.6) is 0 Å². The van der Waals surface area contributed by atoms with Gasteiger partial charge in [0.1, 0.15) is 13.0 Å². The van der Waals surface area contributed by atoms with Gasteiger partial charge in [0.2, 0.25) is 0 Å². The molecule has 3 aromatic rings. The molecule has 4 rings (SSSR count). The van der Waals surface area contributed by atoms with Gasteiger partial charge in [0.15, 0.2) is 11.5 Å². The highest BCUT2D eigenvalue weighted by Gasteiger charge is 2.49. The predicted octanol–water partition coefficient (Wildman–Crippen LogP) is 2.04. The molecular formula is C20H17FN6O. The number of amides is 1. The van der Waals surface area contributed by atoms with Crippen molar-refractivity contribution in [2.45, 2.75) is 12.2 Å². The topological polar surface area (TPSA) is 97.4 Å². The van der Waals surface area contributed by atoms with Gasteiger partial charge in [-0.05, 0) is 34.9 Å². The maximum absolute atomic E-state index is 13.3. The maximum Gasteiger partial charge on any atom is 0.266 e. The third-order valence-corrected chi connectivity index (χ3v) is 4.79. The van der Waals surface area contributed by atoms with Crippen LogP contribution in [-0.4, -0.2) is 38.8 Å². The van der Waals surface area contributed by atoms with Crippen LogP contribution in [0.3, 0.4) is 0 Å². The summed E-state index contributed by atoms with van der Waals surface area (Å²) in [6.45, 7) is -0.742. The summed E-state index contributed by atoms with van der Waals surface area (Å²) in [5.74, 6) is -0.223. The Bertz CT molecular complexity index is 1070. The standard InChI is InChI=1S/C20H17FN6O/c1-27-18(28)20(26-19(27)22,16-5-6-25-17(8-16)9-21)15-4-2-3-13(7-15)14-10-23-12-24-11-14/h2-8,10-12H,9H2,1H3,(H2,22,26). The highest BCUT2D eigenvalue weighted by atomic mass is 19.1. The molecule has 0 spiro atoms. The fourth-order valence-electron chi connectivity index (χ4n) is 3.33. The van der Waals surface area contributed by atoms with Gasteiger partial charge in [0, 0.05) is 31.2 Å². The summed E-state index contributed by atoms with van der Waals surface area (Å²) in [5, 5.41) is 0. The second-order valence-corrected chi connectivity index (χ2v) is 6.42. The second kappa shape index (κ2) is 6.80. The average Bonchev–Trinajstić information content (AvgIpc) is 2.99. The van der Waals surface area contributed by atoms with E-state index in [0.29, 0.717) is 11.1 Å². The van der Waals surface area contributed by atoms with E-state index >= 15 is 0 Å². The van der Waals surface area contributed by atoms with Crippen LogP contribution < -0.4 is 5.73 Å². The number of aromatic nitrogens is 3. The maximum atomic E-state index is 13.3. The molecule has 0 saturated heterocycles. The molecule has 8 heteroatoms. The van der Waals surface area contributed by atoms with Crippen molar-refractivity contribution in [3.05, 3.63) is 78.1 Å². The molecule has 2 N–H and O–H groups in total. The molecule has 0 aliphatic carbocycles. The van der Waals surface area contributed by atoms with Gasteiger partial charge >= 0.3 is 0 Å². The SMILES string of the molecule is CN1C(=O)C(c2cccc(-c3cncnc3)c2)(c2ccnc(CF)c2)N=C1N. The molecule has 1 aliphatic heterocycles. The van der Waals surface area contributed by atoms with Crippen molar-refractivity contribution in [1.29, 1.82) is 0 Å². The summed E-state index contributed by atoms with van der Waals surface area (Å²) in [6.07, 6.45) is 6.29. The monoisotopic (exact) mass is 376 g/mol. The molecule has 0 fully saturated rings. The van der Waals surface area contributed by atoms with E-state index in [4.69, 9.17) is 5.73 Å². The minimum atomic E-state index is -1.41. The molecule has 3 heterocycles. The first-order valence-electron chi connectivity index (χ1n) is 8.57. The fourth-order valence-corrected chi connectivity index (χ4v) is 3.33. The number of carbonyl (C=O) groups is 1. The van der Waals surface area contributed by atoms with Gasteiger partial charge < -0.3 is 5.73 Å². The number of pyridine rings is 1. The van der Waals surface area contributed by atoms with Crippen LogP contribution in [0.1, 0.15) is 16.8 Å². The number of likely N-dealkylation sites (N-methyl/N-ethyl adjacent to an activating group) is 1. The van der Waals surface area contributed by atoms with E-state index in [1.54, 1.807) is 37.6 Å². The van der Waals surface area contributed by atoms with Crippen molar-refractivity contribution in [3.63, 3.8) is 0 Å². The van der Waals surface area contributed by atoms with Gasteiger partial charge in [-0.3, -0.25) is 14.7 Å². The van der Waals surface area contributed by atoms with Gasteiger partial charge in [-0.25, -0.2) is 19.4 Å². The molecule has 1 amide bonds. The van der Waals surface area contributed by atoms with E-state index in [-0.39, 0.29) is 17.6 Å². The molecule has 0 bridgehead atoms. The molecule has 28 heavy (non-hydrogen) atoms. The lowest BCUT2D eigenvalue weighted by Gasteiger charge is -2.26. The van der Waals surface area contributed by atoms with Crippen LogP contribution in [0.2, 0.25) is 0 Å². The van der Waals surface area contributed by atoms with Gasteiger partial charge in [-0.1, -0.05) is 18.2 Å². The molecule has 140 valence electrons. The third kappa shape index (κ3) is 2.70. The lowest BCUT2D eigenvalue weighted by atomic mass is 9.82. The van der Waals surface area contributed by atoms with Gasteiger partial charge in [-0.2, -0.15) is 0 Å². The first-order valence-corrected chi connectivity index (χ1v) is 8.57. The Hall–Kier alpha value is -3.68. The Morgan fingerprint density at radius 3 is 2.54 bits per heavy atom. The van der Waals surface area contributed by atoms with E-state index in [0.717, 1.165) is 11.1 Å². The number of nitrogens with two attached hydrogens (primary N) is 1. The van der Waals surface area contributed by atoms with Crippen molar-refractivity contribution in [2.75, 3.05) is 7.05 Å². The predicted molar refractivity (Wildman–Crippen MR) is 102 cm³/mol. The lowest BCUT2D eigenvalue weighted by Crippen LogP contribution is -2.41. The Labute approximate surface area is 160 Å². The summed E-state index contributed by atoms with van der Waals surface area (Å²) in [7, 11) is 1.56. The number of guanidine groups is 1. The highest BCUT2D eigenvalue weighted by Crippen LogP contribution is 2.40. The van der Waals surface area contributed by atoms with Gasteiger partial charge in [-0.15, -0.1) is 0 Å². The summed E-state index contributed by atoms with van der Waals surface area (Å²) in [4.78, 5) is 31.2. The summed E-state index contributed by atoms with van der Waals surface area (Å²) < 4.78 is 13.2. The largest absolute Gasteiger partial charge is 0.369 e. The number of alkyl halides is 1. The normalized spacial score (nSPS) is 19.0. The summed E-state index contributed by atoms with van der Waals surface area (Å²) in [5.41, 5.74) is 7.55. The van der Waals surface area contributed by atoms with Crippen LogP contribution in [0.4, 0.5) is 4.39 Å². The molecule has 1 unspecified atom stereocenters. The number of aliphatic imine (C=N–C) groups is 1. The number of hydrogen-bond donors (Lipinski definition) is 1. The molecule has 0 radical (unpaired) electrons. The van der Waals surface area contributed by atoms with Crippen molar-refractivity contribution in [1.82, 2.24) is 19.9 Å². The molecule has 7 nitrogen and oxygen atoms in total. The number of carbonyl (C=O) groups excluding carboxylic acids is 1. The molecular weight excluding hydrogens is 359 g/mol. The molecule has 0 saturated carbocycles. The van der Waals surface area contributed by atoms with Crippen LogP contribution in [0, 0.1) is 0 Å². The average molecular weight is 376 g/mol. The third-order valence-electron chi connectivity index (χ3n) is 4.79. The molecule has 1 aliphatic rings. The minimum Gasteiger partial charge on any atom is -0.369 e. The number of rotatable bonds is 4. The quantitative estimate of drug-likeness (QED) is 0.751. The van der Waals surface area contributed by atoms with Crippen LogP contribution in [-0.2, 0) is 17.0 Å². The van der Waals surface area contributed by atoms with Crippen LogP contribution in [0.15, 0.2) is 66.3 Å². The number of halogens is 1. The van der Waals surface area contributed by atoms with Crippen LogP contribution in [0.25, 0.3) is 11.1 Å². The zero-order chi connectivity index (χ0) is 19.7. The van der Waals surface area contributed by atoms with Crippen molar-refractivity contribution < 1.29 is 9.18 Å². The van der Waals surface area contributed by atoms with Crippen molar-refractivity contribution in [2.24, 2.45) is 10.7 Å². The van der Waals surface area contributed by atoms with Crippen molar-refractivity contribution >= 4 is 11.9 Å². The summed E-state index contributed by atoms with van der Waals surface area (Å²) in [6, 6.07) is 10.6. The zero-order valence-corrected chi connectivity index (χ0v) is 15.1. The smallest absolute Gasteiger partial charge is 0.266 e. The first kappa shape index (κ1) is 17.7. The Balaban J connectivity index is 1.95. The van der Waals surface area contributed by atoms with E-state index in [1.807, 2.05) is 18.2 Å². The summed E-state index contributed by atoms with van der Waals surface area (Å²) >= 11 is 0. The Morgan fingerprint density at radius 2 is 1.86 bits per heavy atom.